The minimum absolute atomic E-state index is 0.380. The Labute approximate surface area is 134 Å². The van der Waals surface area contributed by atoms with Gasteiger partial charge in [0.15, 0.2) is 5.82 Å². The van der Waals surface area contributed by atoms with Crippen LogP contribution in [0.5, 0.6) is 0 Å². The molecule has 20 heavy (non-hydrogen) atoms. The molecule has 1 aromatic heterocycles. The van der Waals surface area contributed by atoms with Crippen molar-refractivity contribution in [3.8, 4) is 0 Å². The Kier molecular flexibility index (Phi) is 5.57. The highest BCUT2D eigenvalue weighted by Gasteiger charge is 2.34. The lowest BCUT2D eigenvalue weighted by molar-refractivity contribution is -0.0762. The molecule has 1 aliphatic heterocycles. The van der Waals surface area contributed by atoms with Crippen molar-refractivity contribution in [2.75, 3.05) is 25.6 Å². The van der Waals surface area contributed by atoms with Crippen LogP contribution in [0, 0.1) is 3.57 Å². The summed E-state index contributed by atoms with van der Waals surface area (Å²) in [6.45, 7) is 6.24. The number of methoxy groups -OCH3 is 1. The molecule has 1 fully saturated rings. The molecule has 0 aliphatic carbocycles. The van der Waals surface area contributed by atoms with Crippen molar-refractivity contribution in [2.24, 2.45) is 0 Å². The van der Waals surface area contributed by atoms with Gasteiger partial charge in [0, 0.05) is 20.3 Å². The molecule has 1 aliphatic rings. The van der Waals surface area contributed by atoms with Gasteiger partial charge in [0.1, 0.15) is 11.4 Å². The zero-order valence-electron chi connectivity index (χ0n) is 12.3. The standard InChI is InChI=1S/C14H22IN3O2/c1-4-16-12-11(15)10(9-19-3)17-13(18-12)14(2)7-5-6-8-20-14/h4-9H2,1-3H3,(H,16,17,18). The normalized spacial score (nSPS) is 22.8. The highest BCUT2D eigenvalue weighted by atomic mass is 127. The first-order valence-corrected chi connectivity index (χ1v) is 8.12. The third-order valence-corrected chi connectivity index (χ3v) is 4.62. The molecule has 5 nitrogen and oxygen atoms in total. The van der Waals surface area contributed by atoms with Crippen LogP contribution in [-0.2, 0) is 21.7 Å². The summed E-state index contributed by atoms with van der Waals surface area (Å²) in [5.74, 6) is 1.64. The molecule has 2 rings (SSSR count). The molecule has 0 aromatic carbocycles. The highest BCUT2D eigenvalue weighted by Crippen LogP contribution is 2.34. The lowest BCUT2D eigenvalue weighted by Crippen LogP contribution is -2.33. The van der Waals surface area contributed by atoms with Gasteiger partial charge in [-0.1, -0.05) is 0 Å². The fourth-order valence-corrected chi connectivity index (χ4v) is 2.94. The predicted molar refractivity (Wildman–Crippen MR) is 86.8 cm³/mol. The molecule has 0 saturated carbocycles. The van der Waals surface area contributed by atoms with E-state index in [4.69, 9.17) is 19.4 Å². The Balaban J connectivity index is 2.41. The molecule has 1 aromatic rings. The summed E-state index contributed by atoms with van der Waals surface area (Å²) < 4.78 is 12.2. The van der Waals surface area contributed by atoms with Crippen molar-refractivity contribution >= 4 is 28.4 Å². The second-order valence-corrected chi connectivity index (χ2v) is 6.24. The van der Waals surface area contributed by atoms with Crippen molar-refractivity contribution < 1.29 is 9.47 Å². The second kappa shape index (κ2) is 7.00. The number of hydrogen-bond donors (Lipinski definition) is 1. The van der Waals surface area contributed by atoms with Gasteiger partial charge in [-0.05, 0) is 55.7 Å². The van der Waals surface area contributed by atoms with Crippen LogP contribution >= 0.6 is 22.6 Å². The molecular weight excluding hydrogens is 369 g/mol. The van der Waals surface area contributed by atoms with Gasteiger partial charge >= 0.3 is 0 Å². The van der Waals surface area contributed by atoms with Gasteiger partial charge in [-0.25, -0.2) is 9.97 Å². The zero-order chi connectivity index (χ0) is 14.6. The van der Waals surface area contributed by atoms with E-state index in [0.717, 1.165) is 53.3 Å². The SMILES string of the molecule is CCNc1nc(C2(C)CCCCO2)nc(COC)c1I. The van der Waals surface area contributed by atoms with E-state index in [1.807, 2.05) is 0 Å². The number of ether oxygens (including phenoxy) is 2. The van der Waals surface area contributed by atoms with Crippen LogP contribution in [0.15, 0.2) is 0 Å². The van der Waals surface area contributed by atoms with E-state index in [2.05, 4.69) is 41.8 Å². The molecule has 0 radical (unpaired) electrons. The van der Waals surface area contributed by atoms with Gasteiger partial charge in [0.2, 0.25) is 0 Å². The average molecular weight is 391 g/mol. The van der Waals surface area contributed by atoms with E-state index in [1.165, 1.54) is 0 Å². The maximum absolute atomic E-state index is 5.96. The molecule has 1 unspecified atom stereocenters. The van der Waals surface area contributed by atoms with Gasteiger partial charge < -0.3 is 14.8 Å². The summed E-state index contributed by atoms with van der Waals surface area (Å²) in [6.07, 6.45) is 3.23. The lowest BCUT2D eigenvalue weighted by Gasteiger charge is -2.33. The average Bonchev–Trinajstić information content (AvgIpc) is 2.44. The molecule has 0 bridgehead atoms. The van der Waals surface area contributed by atoms with Crippen LogP contribution in [-0.4, -0.2) is 30.2 Å². The Morgan fingerprint density at radius 2 is 2.20 bits per heavy atom. The van der Waals surface area contributed by atoms with Crippen molar-refractivity contribution in [3.05, 3.63) is 15.1 Å². The van der Waals surface area contributed by atoms with E-state index >= 15 is 0 Å². The summed E-state index contributed by atoms with van der Waals surface area (Å²) >= 11 is 2.27. The van der Waals surface area contributed by atoms with Crippen molar-refractivity contribution in [2.45, 2.75) is 45.3 Å². The van der Waals surface area contributed by atoms with Crippen molar-refractivity contribution in [1.82, 2.24) is 9.97 Å². The fourth-order valence-electron chi connectivity index (χ4n) is 2.36. The first-order chi connectivity index (χ1) is 9.60. The van der Waals surface area contributed by atoms with Crippen LogP contribution in [0.2, 0.25) is 0 Å². The number of nitrogens with zero attached hydrogens (tertiary/aromatic N) is 2. The van der Waals surface area contributed by atoms with Gasteiger partial charge in [-0.3, -0.25) is 0 Å². The third kappa shape index (κ3) is 3.40. The topological polar surface area (TPSA) is 56.3 Å². The van der Waals surface area contributed by atoms with E-state index < -0.39 is 0 Å². The molecule has 6 heteroatoms. The third-order valence-electron chi connectivity index (χ3n) is 3.49. The van der Waals surface area contributed by atoms with E-state index in [-0.39, 0.29) is 5.60 Å². The van der Waals surface area contributed by atoms with Gasteiger partial charge in [-0.2, -0.15) is 0 Å². The number of aromatic nitrogens is 2. The Morgan fingerprint density at radius 1 is 1.40 bits per heavy atom. The quantitative estimate of drug-likeness (QED) is 0.782. The lowest BCUT2D eigenvalue weighted by atomic mass is 9.95. The summed E-state index contributed by atoms with van der Waals surface area (Å²) in [5.41, 5.74) is 0.541. The van der Waals surface area contributed by atoms with Gasteiger partial charge in [0.25, 0.3) is 0 Å². The number of nitrogens with one attached hydrogen (secondary N) is 1. The van der Waals surface area contributed by atoms with E-state index in [1.54, 1.807) is 7.11 Å². The van der Waals surface area contributed by atoms with Crippen LogP contribution in [0.1, 0.15) is 44.6 Å². The summed E-state index contributed by atoms with van der Waals surface area (Å²) in [5, 5.41) is 3.30. The molecule has 1 saturated heterocycles. The van der Waals surface area contributed by atoms with Crippen LogP contribution in [0.4, 0.5) is 5.82 Å². The molecule has 1 atom stereocenters. The van der Waals surface area contributed by atoms with Crippen molar-refractivity contribution in [1.29, 1.82) is 0 Å². The first-order valence-electron chi connectivity index (χ1n) is 7.04. The minimum Gasteiger partial charge on any atom is -0.378 e. The second-order valence-electron chi connectivity index (χ2n) is 5.16. The van der Waals surface area contributed by atoms with Gasteiger partial charge in [0.05, 0.1) is 15.9 Å². The molecule has 0 spiro atoms. The number of anilines is 1. The molecule has 2 heterocycles. The maximum atomic E-state index is 5.96. The minimum atomic E-state index is -0.380. The zero-order valence-corrected chi connectivity index (χ0v) is 14.5. The van der Waals surface area contributed by atoms with E-state index in [0.29, 0.717) is 6.61 Å². The number of rotatable bonds is 5. The van der Waals surface area contributed by atoms with E-state index in [9.17, 15) is 0 Å². The fraction of sp³-hybridized carbons (Fsp3) is 0.714. The monoisotopic (exact) mass is 391 g/mol. The first kappa shape index (κ1) is 15.9. The maximum Gasteiger partial charge on any atom is 0.162 e. The largest absolute Gasteiger partial charge is 0.378 e. The number of hydrogen-bond acceptors (Lipinski definition) is 5. The predicted octanol–water partition coefficient (Wildman–Crippen LogP) is 3.08. The van der Waals surface area contributed by atoms with Crippen LogP contribution in [0.3, 0.4) is 0 Å². The summed E-state index contributed by atoms with van der Waals surface area (Å²) in [6, 6.07) is 0. The Bertz CT molecular complexity index is 435. The van der Waals surface area contributed by atoms with Crippen molar-refractivity contribution in [3.63, 3.8) is 0 Å². The van der Waals surface area contributed by atoms with Gasteiger partial charge in [-0.15, -0.1) is 0 Å². The number of halogens is 1. The Hall–Kier alpha value is -0.470. The Morgan fingerprint density at radius 3 is 2.80 bits per heavy atom. The molecular formula is C14H22IN3O2. The highest BCUT2D eigenvalue weighted by molar-refractivity contribution is 14.1. The molecule has 1 N–H and O–H groups in total. The van der Waals surface area contributed by atoms with Crippen LogP contribution in [0.25, 0.3) is 0 Å². The van der Waals surface area contributed by atoms with Crippen LogP contribution < -0.4 is 5.32 Å². The molecule has 112 valence electrons. The summed E-state index contributed by atoms with van der Waals surface area (Å²) in [7, 11) is 1.68. The summed E-state index contributed by atoms with van der Waals surface area (Å²) in [4.78, 5) is 9.38. The molecule has 0 amide bonds. The smallest absolute Gasteiger partial charge is 0.162 e.